The maximum atomic E-state index is 6.27. The predicted molar refractivity (Wildman–Crippen MR) is 89.6 cm³/mol. The maximum Gasteiger partial charge on any atom is 0.156 e. The first-order valence-electron chi connectivity index (χ1n) is 8.75. The number of likely N-dealkylation sites (tertiary alicyclic amines) is 1. The van der Waals surface area contributed by atoms with E-state index >= 15 is 0 Å². The zero-order chi connectivity index (χ0) is 14.9. The second-order valence-electron chi connectivity index (χ2n) is 6.96. The average Bonchev–Trinajstić information content (AvgIpc) is 2.69. The summed E-state index contributed by atoms with van der Waals surface area (Å²) < 4.78 is 0. The molecule has 1 saturated heterocycles. The Morgan fingerprint density at radius 1 is 1.05 bits per heavy atom. The number of amidine groups is 1. The molecule has 3 aliphatic rings. The van der Waals surface area contributed by atoms with Crippen LogP contribution in [0, 0.1) is 0 Å². The predicted octanol–water partition coefficient (Wildman–Crippen LogP) is 2.53. The summed E-state index contributed by atoms with van der Waals surface area (Å²) in [4.78, 5) is 2.43. The van der Waals surface area contributed by atoms with Crippen LogP contribution < -0.4 is 5.73 Å². The largest absolute Gasteiger partial charge is 0.353 e. The first-order chi connectivity index (χ1) is 10.8. The fourth-order valence-corrected chi connectivity index (χ4v) is 3.76. The summed E-state index contributed by atoms with van der Waals surface area (Å²) in [5.74, 6) is 1.16. The first-order valence-corrected chi connectivity index (χ1v) is 8.75. The van der Waals surface area contributed by atoms with E-state index in [9.17, 15) is 0 Å². The van der Waals surface area contributed by atoms with Gasteiger partial charge in [-0.1, -0.05) is 30.7 Å². The summed E-state index contributed by atoms with van der Waals surface area (Å²) in [6.45, 7) is 2.98. The van der Waals surface area contributed by atoms with Crippen LogP contribution in [0.15, 0.2) is 29.4 Å². The Morgan fingerprint density at radius 3 is 2.73 bits per heavy atom. The lowest BCUT2D eigenvalue weighted by Gasteiger charge is -2.40. The first kappa shape index (κ1) is 14.1. The molecule has 1 aromatic rings. The molecule has 0 spiro atoms. The summed E-state index contributed by atoms with van der Waals surface area (Å²) in [5.41, 5.74) is 9.00. The molecule has 0 aromatic heterocycles. The number of hydrazone groups is 1. The van der Waals surface area contributed by atoms with E-state index in [0.717, 1.165) is 31.9 Å². The van der Waals surface area contributed by atoms with Crippen molar-refractivity contribution in [1.82, 2.24) is 9.91 Å². The highest BCUT2D eigenvalue weighted by Crippen LogP contribution is 2.31. The van der Waals surface area contributed by atoms with Crippen LogP contribution in [-0.2, 0) is 6.54 Å². The van der Waals surface area contributed by atoms with E-state index in [0.29, 0.717) is 6.04 Å². The van der Waals surface area contributed by atoms with Crippen LogP contribution in [0.1, 0.15) is 49.7 Å². The highest BCUT2D eigenvalue weighted by Gasteiger charge is 2.31. The van der Waals surface area contributed by atoms with Gasteiger partial charge in [0.05, 0.1) is 6.54 Å². The minimum absolute atomic E-state index is 0.274. The van der Waals surface area contributed by atoms with E-state index in [1.165, 1.54) is 43.2 Å². The van der Waals surface area contributed by atoms with Gasteiger partial charge in [0.15, 0.2) is 5.84 Å². The summed E-state index contributed by atoms with van der Waals surface area (Å²) in [6, 6.07) is 9.68. The number of fused-ring (bicyclic) bond motifs is 1. The van der Waals surface area contributed by atoms with Gasteiger partial charge in [0.1, 0.15) is 0 Å². The Hall–Kier alpha value is -1.55. The second kappa shape index (κ2) is 5.92. The zero-order valence-corrected chi connectivity index (χ0v) is 13.2. The molecule has 1 aromatic carbocycles. The van der Waals surface area contributed by atoms with Crippen molar-refractivity contribution >= 4 is 5.84 Å². The van der Waals surface area contributed by atoms with Gasteiger partial charge in [-0.3, -0.25) is 5.01 Å². The molecule has 1 saturated carbocycles. The van der Waals surface area contributed by atoms with Gasteiger partial charge < -0.3 is 10.6 Å². The highest BCUT2D eigenvalue weighted by atomic mass is 15.5. The van der Waals surface area contributed by atoms with Crippen LogP contribution in [-0.4, -0.2) is 40.9 Å². The van der Waals surface area contributed by atoms with Crippen molar-refractivity contribution in [2.24, 2.45) is 10.8 Å². The zero-order valence-electron chi connectivity index (χ0n) is 13.2. The quantitative estimate of drug-likeness (QED) is 0.866. The molecule has 0 radical (unpaired) electrons. The van der Waals surface area contributed by atoms with E-state index < -0.39 is 0 Å². The summed E-state index contributed by atoms with van der Waals surface area (Å²) in [6.07, 6.45) is 7.52. The third-order valence-corrected chi connectivity index (χ3v) is 5.32. The van der Waals surface area contributed by atoms with Gasteiger partial charge in [0.25, 0.3) is 0 Å². The lowest BCUT2D eigenvalue weighted by Crippen LogP contribution is -2.46. The average molecular weight is 298 g/mol. The minimum Gasteiger partial charge on any atom is -0.353 e. The molecule has 0 amide bonds. The van der Waals surface area contributed by atoms with Crippen molar-refractivity contribution in [3.63, 3.8) is 0 Å². The number of hydrogen-bond donors (Lipinski definition) is 1. The molecule has 2 aliphatic heterocycles. The van der Waals surface area contributed by atoms with Crippen LogP contribution in [0.25, 0.3) is 0 Å². The number of rotatable bonds is 1. The molecule has 1 aliphatic carbocycles. The SMILES string of the molecule is NC1CCCCN(C2=NN(C3CCC3)Cc3ccccc32)C1. The van der Waals surface area contributed by atoms with Crippen molar-refractivity contribution < 1.29 is 0 Å². The second-order valence-corrected chi connectivity index (χ2v) is 6.96. The van der Waals surface area contributed by atoms with E-state index in [2.05, 4.69) is 34.2 Å². The van der Waals surface area contributed by atoms with E-state index in [1.54, 1.807) is 0 Å². The Labute approximate surface area is 133 Å². The van der Waals surface area contributed by atoms with E-state index in [-0.39, 0.29) is 6.04 Å². The standard InChI is InChI=1S/C18H26N4/c19-15-7-3-4-11-21(13-15)18-17-10-2-1-6-14(17)12-22(20-18)16-8-5-9-16/h1-2,6,10,15-16H,3-5,7-9,11-13,19H2. The van der Waals surface area contributed by atoms with Gasteiger partial charge in [-0.2, -0.15) is 5.10 Å². The minimum atomic E-state index is 0.274. The number of benzene rings is 1. The van der Waals surface area contributed by atoms with Gasteiger partial charge in [-0.15, -0.1) is 0 Å². The Morgan fingerprint density at radius 2 is 1.91 bits per heavy atom. The smallest absolute Gasteiger partial charge is 0.156 e. The van der Waals surface area contributed by atoms with Crippen LogP contribution in [0.2, 0.25) is 0 Å². The summed E-state index contributed by atoms with van der Waals surface area (Å²) in [7, 11) is 0. The van der Waals surface area contributed by atoms with E-state index in [4.69, 9.17) is 10.8 Å². The molecule has 1 atom stereocenters. The molecule has 4 heteroatoms. The molecule has 0 bridgehead atoms. The Kier molecular flexibility index (Phi) is 3.78. The molecule has 118 valence electrons. The van der Waals surface area contributed by atoms with Gasteiger partial charge in [0.2, 0.25) is 0 Å². The fraction of sp³-hybridized carbons (Fsp3) is 0.611. The lowest BCUT2D eigenvalue weighted by molar-refractivity contribution is 0.119. The molecule has 2 N–H and O–H groups in total. The molecule has 1 unspecified atom stereocenters. The third kappa shape index (κ3) is 2.60. The van der Waals surface area contributed by atoms with Crippen LogP contribution in [0.5, 0.6) is 0 Å². The number of nitrogens with zero attached hydrogens (tertiary/aromatic N) is 3. The van der Waals surface area contributed by atoms with Crippen molar-refractivity contribution in [3.8, 4) is 0 Å². The lowest BCUT2D eigenvalue weighted by atomic mass is 9.91. The van der Waals surface area contributed by atoms with Crippen LogP contribution in [0.3, 0.4) is 0 Å². The molecule has 2 fully saturated rings. The van der Waals surface area contributed by atoms with Gasteiger partial charge in [0, 0.05) is 30.7 Å². The van der Waals surface area contributed by atoms with Crippen molar-refractivity contribution in [2.75, 3.05) is 13.1 Å². The number of nitrogens with two attached hydrogens (primary N) is 1. The molecule has 2 heterocycles. The highest BCUT2D eigenvalue weighted by molar-refractivity contribution is 6.00. The summed E-state index contributed by atoms with van der Waals surface area (Å²) in [5, 5.41) is 7.40. The van der Waals surface area contributed by atoms with Gasteiger partial charge >= 0.3 is 0 Å². The normalized spacial score (nSPS) is 26.0. The fourth-order valence-electron chi connectivity index (χ4n) is 3.76. The van der Waals surface area contributed by atoms with Crippen molar-refractivity contribution in [1.29, 1.82) is 0 Å². The van der Waals surface area contributed by atoms with E-state index in [1.807, 2.05) is 0 Å². The van der Waals surface area contributed by atoms with Gasteiger partial charge in [-0.05, 0) is 37.7 Å². The molecular formula is C18H26N4. The molecule has 4 nitrogen and oxygen atoms in total. The monoisotopic (exact) mass is 298 g/mol. The van der Waals surface area contributed by atoms with Crippen LogP contribution >= 0.6 is 0 Å². The summed E-state index contributed by atoms with van der Waals surface area (Å²) >= 11 is 0. The molecule has 22 heavy (non-hydrogen) atoms. The van der Waals surface area contributed by atoms with Gasteiger partial charge in [-0.25, -0.2) is 0 Å². The maximum absolute atomic E-state index is 6.27. The Bertz CT molecular complexity index is 564. The molecular weight excluding hydrogens is 272 g/mol. The Balaban J connectivity index is 1.67. The number of hydrogen-bond acceptors (Lipinski definition) is 4. The van der Waals surface area contributed by atoms with Crippen LogP contribution in [0.4, 0.5) is 0 Å². The molecule has 4 rings (SSSR count). The van der Waals surface area contributed by atoms with Crippen molar-refractivity contribution in [2.45, 2.75) is 57.2 Å². The van der Waals surface area contributed by atoms with Crippen molar-refractivity contribution in [3.05, 3.63) is 35.4 Å². The topological polar surface area (TPSA) is 44.9 Å². The third-order valence-electron chi connectivity index (χ3n) is 5.32.